The molecule has 9 atom stereocenters. The molecule has 5 N–H and O–H groups in total. The number of primary amides is 1. The second-order valence-corrected chi connectivity index (χ2v) is 22.6. The lowest BCUT2D eigenvalue weighted by molar-refractivity contribution is -0.250. The second kappa shape index (κ2) is 23.5. The Balaban J connectivity index is 1.79. The minimum atomic E-state index is -2.71. The zero-order valence-electron chi connectivity index (χ0n) is 38.1. The van der Waals surface area contributed by atoms with Crippen LogP contribution in [0, 0.1) is 0 Å². The number of ether oxygens (including phenoxy) is 6. The van der Waals surface area contributed by atoms with Crippen LogP contribution >= 0.6 is 0 Å². The Morgan fingerprint density at radius 2 is 1.59 bits per heavy atom. The largest absolute Gasteiger partial charge is 0.455 e. The summed E-state index contributed by atoms with van der Waals surface area (Å²) in [6, 6.07) is 0.214. The first-order chi connectivity index (χ1) is 29.8. The molecule has 1 aromatic heterocycles. The molecule has 0 aromatic carbocycles. The normalized spacial score (nSPS) is 25.8. The summed E-state index contributed by atoms with van der Waals surface area (Å²) in [6.07, 6.45) is -1.35. The molecule has 0 radical (unpaired) electrons. The molecule has 2 fully saturated rings. The van der Waals surface area contributed by atoms with Gasteiger partial charge < -0.3 is 49.2 Å². The van der Waals surface area contributed by atoms with Crippen LogP contribution in [0.2, 0.25) is 18.1 Å². The van der Waals surface area contributed by atoms with Crippen molar-refractivity contribution in [3.63, 3.8) is 0 Å². The van der Waals surface area contributed by atoms with Crippen molar-refractivity contribution in [2.75, 3.05) is 13.7 Å². The van der Waals surface area contributed by atoms with Gasteiger partial charge in [0.05, 0.1) is 0 Å². The molecule has 0 aliphatic carbocycles. The molecular weight excluding hydrogens is 839 g/mol. The number of carbonyl (C=O) groups excluding carboxylic acids is 5. The van der Waals surface area contributed by atoms with Crippen LogP contribution in [0.5, 0.6) is 0 Å². The molecule has 1 aromatic rings. The van der Waals surface area contributed by atoms with Gasteiger partial charge in [-0.15, -0.1) is 0 Å². The van der Waals surface area contributed by atoms with Crippen molar-refractivity contribution in [1.29, 1.82) is 0 Å². The predicted molar refractivity (Wildman–Crippen MR) is 231 cm³/mol. The quantitative estimate of drug-likeness (QED) is 0.0739. The fraction of sp³-hybridized carbons (Fsp3) is 0.744. The van der Waals surface area contributed by atoms with E-state index in [4.69, 9.17) is 38.6 Å². The van der Waals surface area contributed by atoms with Gasteiger partial charge in [-0.2, -0.15) is 0 Å². The van der Waals surface area contributed by atoms with Crippen LogP contribution in [0.4, 0.5) is 0 Å². The van der Waals surface area contributed by atoms with Crippen LogP contribution in [0.3, 0.4) is 0 Å². The van der Waals surface area contributed by atoms with Crippen LogP contribution in [0.1, 0.15) is 124 Å². The van der Waals surface area contributed by atoms with Crippen molar-refractivity contribution < 1.29 is 56.8 Å². The topological polar surface area (TPSA) is 255 Å². The number of aromatic amines is 1. The Labute approximate surface area is 369 Å². The van der Waals surface area contributed by atoms with Crippen molar-refractivity contribution >= 4 is 38.0 Å². The number of H-pyrrole nitrogens is 1. The van der Waals surface area contributed by atoms with Crippen molar-refractivity contribution in [3.05, 3.63) is 44.9 Å². The fourth-order valence-corrected chi connectivity index (χ4v) is 8.61. The first-order valence-electron chi connectivity index (χ1n) is 22.3. The van der Waals surface area contributed by atoms with Crippen LogP contribution < -0.4 is 27.6 Å². The van der Waals surface area contributed by atoms with E-state index in [-0.39, 0.29) is 17.9 Å². The number of carbonyl (C=O) groups is 5. The van der Waals surface area contributed by atoms with E-state index in [0.29, 0.717) is 38.6 Å². The lowest BCUT2D eigenvalue weighted by Crippen LogP contribution is -2.56. The summed E-state index contributed by atoms with van der Waals surface area (Å²) in [6.45, 7) is 14.5. The molecule has 4 heterocycles. The third kappa shape index (κ3) is 14.1. The highest BCUT2D eigenvalue weighted by molar-refractivity contribution is 6.74. The summed E-state index contributed by atoms with van der Waals surface area (Å²) in [7, 11) is -1.36. The molecule has 3 aliphatic heterocycles. The molecule has 63 heavy (non-hydrogen) atoms. The number of unbranched alkanes of at least 4 members (excludes halogenated alkanes) is 6. The Kier molecular flexibility index (Phi) is 19.1. The highest BCUT2D eigenvalue weighted by Gasteiger charge is 2.56. The molecule has 20 heteroatoms. The summed E-state index contributed by atoms with van der Waals surface area (Å²) in [5.41, 5.74) is 4.60. The zero-order valence-corrected chi connectivity index (χ0v) is 39.1. The number of esters is 2. The maximum Gasteiger partial charge on any atom is 0.330 e. The molecule has 0 spiro atoms. The highest BCUT2D eigenvalue weighted by Crippen LogP contribution is 2.43. The van der Waals surface area contributed by atoms with E-state index in [1.54, 1.807) is 0 Å². The highest BCUT2D eigenvalue weighted by atomic mass is 28.4. The van der Waals surface area contributed by atoms with Gasteiger partial charge in [-0.05, 0) is 50.2 Å². The van der Waals surface area contributed by atoms with Crippen LogP contribution in [-0.4, -0.2) is 110 Å². The molecule has 19 nitrogen and oxygen atoms in total. The predicted octanol–water partition coefficient (Wildman–Crippen LogP) is 3.50. The maximum atomic E-state index is 14.0. The average molecular weight is 908 g/mol. The van der Waals surface area contributed by atoms with Crippen LogP contribution in [0.25, 0.3) is 0 Å². The maximum absolute atomic E-state index is 14.0. The van der Waals surface area contributed by atoms with Gasteiger partial charge in [0.2, 0.25) is 24.2 Å². The zero-order chi connectivity index (χ0) is 46.5. The van der Waals surface area contributed by atoms with Gasteiger partial charge in [0, 0.05) is 44.8 Å². The van der Waals surface area contributed by atoms with E-state index in [9.17, 15) is 33.6 Å². The number of aromatic nitrogens is 2. The summed E-state index contributed by atoms with van der Waals surface area (Å²) in [5, 5.41) is 5.10. The number of rotatable bonds is 22. The molecule has 0 bridgehead atoms. The average Bonchev–Trinajstić information content (AvgIpc) is 3.42. The molecule has 0 saturated carbocycles. The van der Waals surface area contributed by atoms with Gasteiger partial charge in [-0.3, -0.25) is 38.3 Å². The molecule has 354 valence electrons. The fourth-order valence-electron chi connectivity index (χ4n) is 7.33. The van der Waals surface area contributed by atoms with Crippen molar-refractivity contribution in [3.8, 4) is 0 Å². The first kappa shape index (κ1) is 51.3. The Morgan fingerprint density at radius 1 is 0.937 bits per heavy atom. The van der Waals surface area contributed by atoms with Gasteiger partial charge in [0.1, 0.15) is 24.4 Å². The number of nitrogens with two attached hydrogens (primary N) is 1. The SMILES string of the molecule is CCCCCCC(=O)O[C@@H]1[C@@H](O[C@@H](C(N)=O)[C@H]2O[C@@H](n3ccc(=O)[nH]c3=O)[C@H](O[Si](C)(C)C(C)(C)C)[C@@H]2OC)OC(C(=O)N[C@H]2CCCCNC2=O)=C[C@@H]1OC(=O)CCCCCC. The van der Waals surface area contributed by atoms with Gasteiger partial charge in [0.25, 0.3) is 11.5 Å². The summed E-state index contributed by atoms with van der Waals surface area (Å²) in [5.74, 6) is -4.12. The summed E-state index contributed by atoms with van der Waals surface area (Å²) in [4.78, 5) is 95.0. The number of amides is 3. The summed E-state index contributed by atoms with van der Waals surface area (Å²) < 4.78 is 44.8. The Morgan fingerprint density at radius 3 is 2.17 bits per heavy atom. The molecule has 4 rings (SSSR count). The van der Waals surface area contributed by atoms with Crippen LogP contribution in [0.15, 0.2) is 33.7 Å². The smallest absolute Gasteiger partial charge is 0.330 e. The van der Waals surface area contributed by atoms with E-state index in [0.717, 1.165) is 49.2 Å². The lowest BCUT2D eigenvalue weighted by Gasteiger charge is -2.40. The number of hydrogen-bond acceptors (Lipinski definition) is 14. The minimum Gasteiger partial charge on any atom is -0.455 e. The van der Waals surface area contributed by atoms with Gasteiger partial charge in [0.15, 0.2) is 32.5 Å². The van der Waals surface area contributed by atoms with E-state index in [1.165, 1.54) is 19.4 Å². The van der Waals surface area contributed by atoms with Crippen LogP contribution in [-0.2, 0) is 56.8 Å². The van der Waals surface area contributed by atoms with Gasteiger partial charge in [-0.25, -0.2) is 4.79 Å². The molecule has 2 saturated heterocycles. The van der Waals surface area contributed by atoms with E-state index >= 15 is 0 Å². The lowest BCUT2D eigenvalue weighted by atomic mass is 10.0. The third-order valence-corrected chi connectivity index (χ3v) is 16.4. The van der Waals surface area contributed by atoms with Crippen molar-refractivity contribution in [2.45, 2.75) is 191 Å². The monoisotopic (exact) mass is 907 g/mol. The number of hydrogen-bond donors (Lipinski definition) is 4. The number of nitrogens with one attached hydrogen (secondary N) is 3. The summed E-state index contributed by atoms with van der Waals surface area (Å²) >= 11 is 0. The molecular formula is C43H69N5O14Si. The number of methoxy groups -OCH3 is 1. The van der Waals surface area contributed by atoms with E-state index in [1.807, 2.05) is 47.7 Å². The van der Waals surface area contributed by atoms with E-state index < -0.39 is 110 Å². The number of nitrogens with zero attached hydrogens (tertiary/aromatic N) is 1. The van der Waals surface area contributed by atoms with E-state index in [2.05, 4.69) is 15.6 Å². The Hall–Kier alpha value is -4.37. The molecule has 3 aliphatic rings. The molecule has 3 amide bonds. The third-order valence-electron chi connectivity index (χ3n) is 11.9. The Bertz CT molecular complexity index is 1880. The molecule has 0 unspecified atom stereocenters. The van der Waals surface area contributed by atoms with Crippen molar-refractivity contribution in [2.24, 2.45) is 5.73 Å². The van der Waals surface area contributed by atoms with Gasteiger partial charge in [-0.1, -0.05) is 73.1 Å². The first-order valence-corrected chi connectivity index (χ1v) is 25.2. The minimum absolute atomic E-state index is 0.00639. The second-order valence-electron chi connectivity index (χ2n) is 17.9. The van der Waals surface area contributed by atoms with Gasteiger partial charge >= 0.3 is 17.6 Å². The standard InChI is InChI=1S/C43H69N5O14Si/c1-9-11-13-15-20-30(50)57-27-25-28(39(54)46-26-19-17-18-23-45-38(26)53)58-41(32(27)59-31(51)21-16-14-12-10-2)61-35(37(44)52)34-33(56-6)36(62-63(7,8)43(3,4)5)40(60-34)48-24-22-29(49)47-42(48)55/h22,24-27,32-36,40-41H,9-21,23H2,1-8H3,(H2,44,52)(H,45,53)(H,46,54)(H,47,49,55)/t26-,27-,32-,33+,34-,35+,36+,40+,41+/m0/s1. The van der Waals surface area contributed by atoms with Crippen molar-refractivity contribution in [1.82, 2.24) is 20.2 Å².